The molecule has 192 valence electrons. The lowest BCUT2D eigenvalue weighted by Crippen LogP contribution is -2.26. The van der Waals surface area contributed by atoms with E-state index in [0.29, 0.717) is 33.4 Å². The lowest BCUT2D eigenvalue weighted by molar-refractivity contribution is -0.384. The number of para-hydroxylation sites is 1. The zero-order chi connectivity index (χ0) is 27.4. The molecule has 0 radical (unpaired) electrons. The normalized spacial score (nSPS) is 11.5. The number of rotatable bonds is 7. The molecule has 9 nitrogen and oxygen atoms in total. The van der Waals surface area contributed by atoms with Crippen LogP contribution < -0.4 is 5.32 Å². The standard InChI is InChI=1S/C30H22N4O5/c1-19-14-15-25(27(17-19)34(37)38)33-29(35)28(20-9-3-2-4-10-20)39-30(36)22-18-26(24-13-7-8-16-31-24)32-23-12-6-5-11-21(22)23/h2-18,28H,1H3,(H,33,35). The quantitative estimate of drug-likeness (QED) is 0.158. The van der Waals surface area contributed by atoms with Gasteiger partial charge in [-0.25, -0.2) is 9.78 Å². The zero-order valence-corrected chi connectivity index (χ0v) is 20.8. The fourth-order valence-electron chi connectivity index (χ4n) is 4.16. The Morgan fingerprint density at radius 2 is 1.64 bits per heavy atom. The highest BCUT2D eigenvalue weighted by Crippen LogP contribution is 2.30. The number of nitro groups is 1. The van der Waals surface area contributed by atoms with E-state index in [2.05, 4.69) is 15.3 Å². The van der Waals surface area contributed by atoms with Crippen molar-refractivity contribution < 1.29 is 19.2 Å². The van der Waals surface area contributed by atoms with Crippen LogP contribution in [0.4, 0.5) is 11.4 Å². The molecular weight excluding hydrogens is 496 g/mol. The number of carbonyl (C=O) groups is 2. The lowest BCUT2D eigenvalue weighted by Gasteiger charge is -2.19. The Morgan fingerprint density at radius 1 is 0.897 bits per heavy atom. The van der Waals surface area contributed by atoms with Crippen LogP contribution in [0.3, 0.4) is 0 Å². The highest BCUT2D eigenvalue weighted by molar-refractivity contribution is 6.06. The Bertz CT molecular complexity index is 1690. The number of hydrogen-bond donors (Lipinski definition) is 1. The summed E-state index contributed by atoms with van der Waals surface area (Å²) in [6, 6.07) is 27.0. The summed E-state index contributed by atoms with van der Waals surface area (Å²) in [6.45, 7) is 1.71. The van der Waals surface area contributed by atoms with Gasteiger partial charge in [0, 0.05) is 23.2 Å². The number of amides is 1. The first-order valence-corrected chi connectivity index (χ1v) is 12.0. The molecule has 1 atom stereocenters. The summed E-state index contributed by atoms with van der Waals surface area (Å²) in [7, 11) is 0. The van der Waals surface area contributed by atoms with Gasteiger partial charge in [0.05, 0.1) is 27.4 Å². The number of nitrogens with zero attached hydrogens (tertiary/aromatic N) is 3. The summed E-state index contributed by atoms with van der Waals surface area (Å²) in [4.78, 5) is 47.1. The van der Waals surface area contributed by atoms with E-state index in [1.165, 1.54) is 12.1 Å². The Kier molecular flexibility index (Phi) is 7.05. The SMILES string of the molecule is Cc1ccc(NC(=O)C(OC(=O)c2cc(-c3ccccn3)nc3ccccc23)c2ccccc2)c([N+](=O)[O-])c1. The number of benzene rings is 3. The van der Waals surface area contributed by atoms with Crippen molar-refractivity contribution in [3.8, 4) is 11.4 Å². The molecule has 0 aliphatic carbocycles. The van der Waals surface area contributed by atoms with Crippen molar-refractivity contribution in [2.24, 2.45) is 0 Å². The van der Waals surface area contributed by atoms with E-state index < -0.39 is 22.9 Å². The minimum absolute atomic E-state index is 0.000575. The molecule has 0 spiro atoms. The minimum atomic E-state index is -1.38. The molecule has 5 aromatic rings. The molecule has 39 heavy (non-hydrogen) atoms. The van der Waals surface area contributed by atoms with Gasteiger partial charge in [0.2, 0.25) is 6.10 Å². The van der Waals surface area contributed by atoms with Crippen molar-refractivity contribution in [2.45, 2.75) is 13.0 Å². The van der Waals surface area contributed by atoms with Gasteiger partial charge in [0.15, 0.2) is 0 Å². The summed E-state index contributed by atoms with van der Waals surface area (Å²) >= 11 is 0. The van der Waals surface area contributed by atoms with Crippen molar-refractivity contribution in [3.63, 3.8) is 0 Å². The second-order valence-electron chi connectivity index (χ2n) is 8.75. The average Bonchev–Trinajstić information content (AvgIpc) is 2.96. The summed E-state index contributed by atoms with van der Waals surface area (Å²) in [6.07, 6.45) is 0.245. The third-order valence-electron chi connectivity index (χ3n) is 6.04. The van der Waals surface area contributed by atoms with Crippen molar-refractivity contribution in [2.75, 3.05) is 5.32 Å². The van der Waals surface area contributed by atoms with Crippen molar-refractivity contribution in [1.29, 1.82) is 0 Å². The van der Waals surface area contributed by atoms with E-state index in [1.807, 2.05) is 6.07 Å². The first-order chi connectivity index (χ1) is 18.9. The van der Waals surface area contributed by atoms with Crippen LogP contribution in [0.1, 0.15) is 27.6 Å². The highest BCUT2D eigenvalue weighted by atomic mass is 16.6. The van der Waals surface area contributed by atoms with Gasteiger partial charge in [-0.3, -0.25) is 19.9 Å². The van der Waals surface area contributed by atoms with E-state index in [4.69, 9.17) is 4.74 Å². The number of anilines is 1. The van der Waals surface area contributed by atoms with Crippen LogP contribution in [-0.4, -0.2) is 26.8 Å². The van der Waals surface area contributed by atoms with Crippen LogP contribution in [0, 0.1) is 17.0 Å². The van der Waals surface area contributed by atoms with Crippen LogP contribution in [0.2, 0.25) is 0 Å². The molecule has 1 N–H and O–H groups in total. The molecule has 1 amide bonds. The number of aromatic nitrogens is 2. The second kappa shape index (κ2) is 10.9. The van der Waals surface area contributed by atoms with Gasteiger partial charge in [-0.2, -0.15) is 0 Å². The number of nitrogens with one attached hydrogen (secondary N) is 1. The molecule has 3 aromatic carbocycles. The smallest absolute Gasteiger partial charge is 0.340 e. The van der Waals surface area contributed by atoms with Crippen LogP contribution in [0.5, 0.6) is 0 Å². The van der Waals surface area contributed by atoms with Crippen LogP contribution in [-0.2, 0) is 9.53 Å². The highest BCUT2D eigenvalue weighted by Gasteiger charge is 2.29. The average molecular weight is 519 g/mol. The Hall–Kier alpha value is -5.44. The summed E-state index contributed by atoms with van der Waals surface area (Å²) in [5.74, 6) is -1.49. The van der Waals surface area contributed by atoms with Gasteiger partial charge in [-0.15, -0.1) is 0 Å². The second-order valence-corrected chi connectivity index (χ2v) is 8.75. The number of esters is 1. The van der Waals surface area contributed by atoms with Gasteiger partial charge in [-0.1, -0.05) is 60.7 Å². The van der Waals surface area contributed by atoms with E-state index in [9.17, 15) is 19.7 Å². The fourth-order valence-corrected chi connectivity index (χ4v) is 4.16. The maximum atomic E-state index is 13.6. The number of fused-ring (bicyclic) bond motifs is 1. The molecule has 9 heteroatoms. The first-order valence-electron chi connectivity index (χ1n) is 12.0. The predicted octanol–water partition coefficient (Wildman–Crippen LogP) is 6.05. The van der Waals surface area contributed by atoms with Gasteiger partial charge in [0.25, 0.3) is 11.6 Å². The Labute approximate surface area is 223 Å². The largest absolute Gasteiger partial charge is 0.444 e. The molecule has 0 aliphatic rings. The molecule has 0 aliphatic heterocycles. The van der Waals surface area contributed by atoms with E-state index in [-0.39, 0.29) is 16.9 Å². The van der Waals surface area contributed by atoms with Crippen LogP contribution >= 0.6 is 0 Å². The summed E-state index contributed by atoms with van der Waals surface area (Å²) < 4.78 is 5.81. The van der Waals surface area contributed by atoms with Gasteiger partial charge in [-0.05, 0) is 42.8 Å². The number of nitro benzene ring substituents is 1. The van der Waals surface area contributed by atoms with E-state index in [0.717, 1.165) is 0 Å². The van der Waals surface area contributed by atoms with Crippen molar-refractivity contribution >= 4 is 34.2 Å². The Balaban J connectivity index is 1.53. The zero-order valence-electron chi connectivity index (χ0n) is 20.8. The molecule has 0 saturated heterocycles. The van der Waals surface area contributed by atoms with Crippen molar-refractivity contribution in [3.05, 3.63) is 130 Å². The number of carbonyl (C=O) groups excluding carboxylic acids is 2. The maximum absolute atomic E-state index is 13.6. The molecule has 0 bridgehead atoms. The maximum Gasteiger partial charge on any atom is 0.340 e. The van der Waals surface area contributed by atoms with Gasteiger partial charge >= 0.3 is 5.97 Å². The van der Waals surface area contributed by atoms with Crippen LogP contribution in [0.25, 0.3) is 22.3 Å². The molecular formula is C30H22N4O5. The number of hydrogen-bond acceptors (Lipinski definition) is 7. The molecule has 5 rings (SSSR count). The van der Waals surface area contributed by atoms with Gasteiger partial charge < -0.3 is 10.1 Å². The molecule has 1 unspecified atom stereocenters. The lowest BCUT2D eigenvalue weighted by atomic mass is 10.1. The molecule has 2 aromatic heterocycles. The summed E-state index contributed by atoms with van der Waals surface area (Å²) in [5.41, 5.74) is 2.61. The topological polar surface area (TPSA) is 124 Å². The van der Waals surface area contributed by atoms with Crippen molar-refractivity contribution in [1.82, 2.24) is 9.97 Å². The third-order valence-corrected chi connectivity index (χ3v) is 6.04. The fraction of sp³-hybridized carbons (Fsp3) is 0.0667. The first kappa shape index (κ1) is 25.2. The van der Waals surface area contributed by atoms with Gasteiger partial charge in [0.1, 0.15) is 5.69 Å². The predicted molar refractivity (Wildman–Crippen MR) is 146 cm³/mol. The third kappa shape index (κ3) is 5.47. The molecule has 2 heterocycles. The molecule has 0 fully saturated rings. The Morgan fingerprint density at radius 3 is 2.38 bits per heavy atom. The van der Waals surface area contributed by atoms with E-state index in [1.54, 1.807) is 92.0 Å². The monoisotopic (exact) mass is 518 g/mol. The van der Waals surface area contributed by atoms with E-state index >= 15 is 0 Å². The number of ether oxygens (including phenoxy) is 1. The van der Waals surface area contributed by atoms with Crippen LogP contribution in [0.15, 0.2) is 103 Å². The number of pyridine rings is 2. The molecule has 0 saturated carbocycles. The minimum Gasteiger partial charge on any atom is -0.444 e. The number of aryl methyl sites for hydroxylation is 1. The summed E-state index contributed by atoms with van der Waals surface area (Å²) in [5, 5.41) is 14.7.